The van der Waals surface area contributed by atoms with Gasteiger partial charge < -0.3 is 14.0 Å². The summed E-state index contributed by atoms with van der Waals surface area (Å²) >= 11 is 0. The third-order valence-corrected chi connectivity index (χ3v) is 5.18. The molecule has 1 aromatic heterocycles. The average molecular weight is 305 g/mol. The predicted molar refractivity (Wildman–Crippen MR) is 80.4 cm³/mol. The normalized spacial score (nSPS) is 25.1. The Morgan fingerprint density at radius 1 is 1.50 bits per heavy atom. The van der Waals surface area contributed by atoms with E-state index in [0.29, 0.717) is 29.6 Å². The SMILES string of the molecule is Cc1cc(OCC(=O)OCCC2=CC[C@H]3C[C@@H]2C3(C)C)no1. The van der Waals surface area contributed by atoms with Gasteiger partial charge in [0.2, 0.25) is 0 Å². The molecule has 2 atom stereocenters. The number of hydrogen-bond donors (Lipinski definition) is 0. The van der Waals surface area contributed by atoms with E-state index in [1.165, 1.54) is 18.4 Å². The molecule has 0 aromatic carbocycles. The van der Waals surface area contributed by atoms with Crippen molar-refractivity contribution in [2.75, 3.05) is 13.2 Å². The maximum atomic E-state index is 11.7. The van der Waals surface area contributed by atoms with Crippen molar-refractivity contribution in [2.24, 2.45) is 17.3 Å². The number of carbonyl (C=O) groups is 1. The van der Waals surface area contributed by atoms with Crippen LogP contribution in [0.4, 0.5) is 0 Å². The molecule has 0 N–H and O–H groups in total. The van der Waals surface area contributed by atoms with E-state index >= 15 is 0 Å². The minimum absolute atomic E-state index is 0.137. The van der Waals surface area contributed by atoms with E-state index < -0.39 is 0 Å². The lowest BCUT2D eigenvalue weighted by Crippen LogP contribution is -2.48. The number of fused-ring (bicyclic) bond motifs is 1. The van der Waals surface area contributed by atoms with Crippen LogP contribution >= 0.6 is 0 Å². The molecule has 0 spiro atoms. The highest BCUT2D eigenvalue weighted by atomic mass is 16.6. The fourth-order valence-corrected chi connectivity index (χ4v) is 3.63. The van der Waals surface area contributed by atoms with Gasteiger partial charge in [0.15, 0.2) is 6.61 Å². The van der Waals surface area contributed by atoms with Crippen molar-refractivity contribution in [3.8, 4) is 5.88 Å². The number of rotatable bonds is 6. The van der Waals surface area contributed by atoms with Gasteiger partial charge in [0.1, 0.15) is 5.76 Å². The summed E-state index contributed by atoms with van der Waals surface area (Å²) in [5.74, 6) is 2.09. The lowest BCUT2D eigenvalue weighted by molar-refractivity contribution is -0.146. The van der Waals surface area contributed by atoms with Crippen molar-refractivity contribution in [3.63, 3.8) is 0 Å². The molecule has 0 aliphatic heterocycles. The summed E-state index contributed by atoms with van der Waals surface area (Å²) < 4.78 is 15.3. The molecule has 5 nitrogen and oxygen atoms in total. The largest absolute Gasteiger partial charge is 0.463 e. The summed E-state index contributed by atoms with van der Waals surface area (Å²) in [5, 5.41) is 3.66. The van der Waals surface area contributed by atoms with E-state index in [0.717, 1.165) is 12.3 Å². The summed E-state index contributed by atoms with van der Waals surface area (Å²) in [4.78, 5) is 11.7. The molecule has 0 saturated heterocycles. The molecule has 0 unspecified atom stereocenters. The van der Waals surface area contributed by atoms with Gasteiger partial charge in [-0.25, -0.2) is 4.79 Å². The van der Waals surface area contributed by atoms with Gasteiger partial charge in [-0.05, 0) is 42.2 Å². The second-order valence-electron chi connectivity index (χ2n) is 6.86. The van der Waals surface area contributed by atoms with Crippen LogP contribution in [0.15, 0.2) is 22.2 Å². The molecule has 1 saturated carbocycles. The summed E-state index contributed by atoms with van der Waals surface area (Å²) in [6.45, 7) is 6.74. The van der Waals surface area contributed by atoms with Crippen molar-refractivity contribution in [1.29, 1.82) is 0 Å². The first-order chi connectivity index (χ1) is 10.5. The third-order valence-electron chi connectivity index (χ3n) is 5.18. The van der Waals surface area contributed by atoms with Crippen molar-refractivity contribution < 1.29 is 18.8 Å². The Balaban J connectivity index is 1.38. The highest BCUT2D eigenvalue weighted by Gasteiger charge is 2.50. The first-order valence-corrected chi connectivity index (χ1v) is 7.87. The van der Waals surface area contributed by atoms with Gasteiger partial charge >= 0.3 is 5.97 Å². The Morgan fingerprint density at radius 3 is 2.95 bits per heavy atom. The van der Waals surface area contributed by atoms with Crippen molar-refractivity contribution >= 4 is 5.97 Å². The molecule has 3 aliphatic carbocycles. The van der Waals surface area contributed by atoms with Crippen LogP contribution in [0.3, 0.4) is 0 Å². The average Bonchev–Trinajstić information content (AvgIpc) is 2.91. The Morgan fingerprint density at radius 2 is 2.32 bits per heavy atom. The van der Waals surface area contributed by atoms with Crippen LogP contribution in [-0.4, -0.2) is 24.3 Å². The number of aromatic nitrogens is 1. The highest BCUT2D eigenvalue weighted by Crippen LogP contribution is 2.59. The predicted octanol–water partition coefficient (Wildman–Crippen LogP) is 3.29. The zero-order valence-electron chi connectivity index (χ0n) is 13.4. The molecule has 2 bridgehead atoms. The van der Waals surface area contributed by atoms with E-state index in [9.17, 15) is 4.79 Å². The first kappa shape index (κ1) is 15.1. The first-order valence-electron chi connectivity index (χ1n) is 7.87. The standard InChI is InChI=1S/C17H23NO4/c1-11-8-15(18-22-11)21-10-16(19)20-7-6-12-4-5-13-9-14(12)17(13,2)3/h4,8,13-14H,5-7,9-10H2,1-3H3/t13-,14-/m0/s1. The molecule has 1 heterocycles. The molecule has 22 heavy (non-hydrogen) atoms. The fourth-order valence-electron chi connectivity index (χ4n) is 3.63. The van der Waals surface area contributed by atoms with Crippen LogP contribution in [0.25, 0.3) is 0 Å². The summed E-state index contributed by atoms with van der Waals surface area (Å²) in [6, 6.07) is 1.63. The summed E-state index contributed by atoms with van der Waals surface area (Å²) in [6.07, 6.45) is 5.63. The van der Waals surface area contributed by atoms with Gasteiger partial charge in [-0.1, -0.05) is 25.5 Å². The lowest BCUT2D eigenvalue weighted by atomic mass is 9.48. The summed E-state index contributed by atoms with van der Waals surface area (Å²) in [7, 11) is 0. The highest BCUT2D eigenvalue weighted by molar-refractivity contribution is 5.71. The molecule has 1 aromatic rings. The molecular formula is C17H23NO4. The van der Waals surface area contributed by atoms with E-state index in [4.69, 9.17) is 14.0 Å². The number of aryl methyl sites for hydroxylation is 1. The molecule has 0 amide bonds. The van der Waals surface area contributed by atoms with E-state index in [2.05, 4.69) is 25.1 Å². The van der Waals surface area contributed by atoms with Crippen LogP contribution in [0.5, 0.6) is 5.88 Å². The van der Waals surface area contributed by atoms with Gasteiger partial charge in [0.05, 0.1) is 6.61 Å². The van der Waals surface area contributed by atoms with Crippen LogP contribution in [0.2, 0.25) is 0 Å². The monoisotopic (exact) mass is 305 g/mol. The van der Waals surface area contributed by atoms with E-state index in [-0.39, 0.29) is 12.6 Å². The summed E-state index contributed by atoms with van der Waals surface area (Å²) in [5.41, 5.74) is 1.87. The van der Waals surface area contributed by atoms with Crippen LogP contribution in [0, 0.1) is 24.2 Å². The van der Waals surface area contributed by atoms with Crippen LogP contribution in [0.1, 0.15) is 38.9 Å². The van der Waals surface area contributed by atoms with Crippen molar-refractivity contribution in [3.05, 3.63) is 23.5 Å². The number of hydrogen-bond acceptors (Lipinski definition) is 5. The molecule has 1 fully saturated rings. The quantitative estimate of drug-likeness (QED) is 0.596. The minimum Gasteiger partial charge on any atom is -0.463 e. The lowest BCUT2D eigenvalue weighted by Gasteiger charge is -2.56. The van der Waals surface area contributed by atoms with Gasteiger partial charge in [-0.3, -0.25) is 0 Å². The molecule has 5 heteroatoms. The topological polar surface area (TPSA) is 61.6 Å². The Labute approximate surface area is 130 Å². The van der Waals surface area contributed by atoms with E-state index in [1.54, 1.807) is 13.0 Å². The number of allylic oxidation sites excluding steroid dienone is 1. The molecule has 120 valence electrons. The third kappa shape index (κ3) is 2.89. The van der Waals surface area contributed by atoms with Gasteiger partial charge in [-0.15, -0.1) is 0 Å². The number of esters is 1. The molecule has 0 radical (unpaired) electrons. The maximum Gasteiger partial charge on any atom is 0.344 e. The second kappa shape index (κ2) is 5.78. The van der Waals surface area contributed by atoms with Crippen molar-refractivity contribution in [2.45, 2.75) is 40.0 Å². The van der Waals surface area contributed by atoms with Crippen molar-refractivity contribution in [1.82, 2.24) is 5.16 Å². The zero-order valence-corrected chi connectivity index (χ0v) is 13.4. The van der Waals surface area contributed by atoms with E-state index in [1.807, 2.05) is 0 Å². The smallest absolute Gasteiger partial charge is 0.344 e. The van der Waals surface area contributed by atoms with Gasteiger partial charge in [0.25, 0.3) is 5.88 Å². The van der Waals surface area contributed by atoms with Crippen LogP contribution in [-0.2, 0) is 9.53 Å². The number of nitrogens with zero attached hydrogens (tertiary/aromatic N) is 1. The Hall–Kier alpha value is -1.78. The molecule has 3 aliphatic rings. The number of carbonyl (C=O) groups excluding carboxylic acids is 1. The zero-order chi connectivity index (χ0) is 15.7. The number of ether oxygens (including phenoxy) is 2. The maximum absolute atomic E-state index is 11.7. The molecular weight excluding hydrogens is 282 g/mol. The Kier molecular flexibility index (Phi) is 3.98. The second-order valence-corrected chi connectivity index (χ2v) is 6.86. The minimum atomic E-state index is -0.372. The fraction of sp³-hybridized carbons (Fsp3) is 0.647. The van der Waals surface area contributed by atoms with Crippen LogP contribution < -0.4 is 4.74 Å². The molecule has 4 rings (SSSR count). The van der Waals surface area contributed by atoms with Gasteiger partial charge in [-0.2, -0.15) is 0 Å². The van der Waals surface area contributed by atoms with Gasteiger partial charge in [0, 0.05) is 12.5 Å². The Bertz CT molecular complexity index is 587.